The maximum absolute atomic E-state index is 12.7. The van der Waals surface area contributed by atoms with Gasteiger partial charge in [0.25, 0.3) is 5.91 Å². The molecule has 156 valence electrons. The number of nitrogens with one attached hydrogen (secondary N) is 1. The monoisotopic (exact) mass is 454 g/mol. The van der Waals surface area contributed by atoms with E-state index in [2.05, 4.69) is 10.3 Å². The van der Waals surface area contributed by atoms with Gasteiger partial charge in [-0.1, -0.05) is 23.7 Å². The van der Waals surface area contributed by atoms with Gasteiger partial charge in [0.05, 0.1) is 22.0 Å². The van der Waals surface area contributed by atoms with Crippen LogP contribution in [-0.4, -0.2) is 19.3 Å². The fourth-order valence-electron chi connectivity index (χ4n) is 2.63. The van der Waals surface area contributed by atoms with Gasteiger partial charge in [0.1, 0.15) is 10.7 Å². The molecule has 10 heteroatoms. The number of aromatic nitrogens is 1. The lowest BCUT2D eigenvalue weighted by Crippen LogP contribution is -2.12. The lowest BCUT2D eigenvalue weighted by atomic mass is 10.1. The van der Waals surface area contributed by atoms with Crippen LogP contribution in [0.4, 0.5) is 18.9 Å². The summed E-state index contributed by atoms with van der Waals surface area (Å²) >= 11 is 6.15. The van der Waals surface area contributed by atoms with E-state index in [9.17, 15) is 26.4 Å². The molecule has 0 radical (unpaired) electrons. The van der Waals surface area contributed by atoms with Gasteiger partial charge in [-0.15, -0.1) is 0 Å². The first-order chi connectivity index (χ1) is 14.1. The number of anilines is 1. The topological polar surface area (TPSA) is 76.1 Å². The normalized spacial score (nSPS) is 11.5. The second kappa shape index (κ2) is 8.85. The number of thiol groups is 1. The van der Waals surface area contributed by atoms with Crippen molar-refractivity contribution in [2.75, 3.05) is 5.32 Å². The van der Waals surface area contributed by atoms with Gasteiger partial charge < -0.3 is 5.32 Å². The number of amides is 1. The summed E-state index contributed by atoms with van der Waals surface area (Å²) in [6.45, 7) is 0. The molecule has 0 fully saturated rings. The number of alkyl halides is 3. The third-order valence-corrected chi connectivity index (χ3v) is 5.07. The van der Waals surface area contributed by atoms with Crippen molar-refractivity contribution >= 4 is 33.9 Å². The summed E-state index contributed by atoms with van der Waals surface area (Å²) in [7, 11) is -2.56. The Morgan fingerprint density at radius 1 is 1.03 bits per heavy atom. The average Bonchev–Trinajstić information content (AvgIpc) is 2.69. The Morgan fingerprint density at radius 3 is 2.30 bits per heavy atom. The molecule has 0 atom stereocenters. The van der Waals surface area contributed by atoms with Crippen molar-refractivity contribution in [3.05, 3.63) is 82.5 Å². The van der Waals surface area contributed by atoms with Gasteiger partial charge in [0, 0.05) is 23.0 Å². The van der Waals surface area contributed by atoms with E-state index in [0.29, 0.717) is 28.6 Å². The Bertz CT molecular complexity index is 1140. The summed E-state index contributed by atoms with van der Waals surface area (Å²) in [4.78, 5) is 16.3. The van der Waals surface area contributed by atoms with Crippen LogP contribution in [0, 0.1) is 0 Å². The van der Waals surface area contributed by atoms with Crippen LogP contribution in [0.1, 0.15) is 21.5 Å². The molecule has 1 aromatic heterocycles. The van der Waals surface area contributed by atoms with Crippen molar-refractivity contribution in [1.82, 2.24) is 4.98 Å². The quantitative estimate of drug-likeness (QED) is 0.544. The fraction of sp³-hybridized carbons (Fsp3) is 0.100. The molecule has 5 nitrogen and oxygen atoms in total. The molecule has 0 spiro atoms. The molecular weight excluding hydrogens is 441 g/mol. The Labute approximate surface area is 176 Å². The van der Waals surface area contributed by atoms with E-state index >= 15 is 0 Å². The van der Waals surface area contributed by atoms with E-state index in [4.69, 9.17) is 11.6 Å². The Kier molecular flexibility index (Phi) is 6.42. The number of hydrogen-bond acceptors (Lipinski definition) is 4. The minimum Gasteiger partial charge on any atom is -0.322 e. The number of halogens is 4. The highest BCUT2D eigenvalue weighted by Gasteiger charge is 2.30. The van der Waals surface area contributed by atoms with Gasteiger partial charge in [-0.05, 0) is 48.0 Å². The molecule has 1 N–H and O–H groups in total. The Hall–Kier alpha value is -2.91. The molecule has 0 aliphatic heterocycles. The number of hydrogen-bond donors (Lipinski definition) is 2. The van der Waals surface area contributed by atoms with E-state index in [1.165, 1.54) is 30.3 Å². The van der Waals surface area contributed by atoms with Crippen LogP contribution in [0.2, 0.25) is 5.02 Å². The number of benzene rings is 2. The van der Waals surface area contributed by atoms with Crippen molar-refractivity contribution in [2.24, 2.45) is 0 Å². The van der Waals surface area contributed by atoms with Crippen molar-refractivity contribution in [3.8, 4) is 11.3 Å². The number of nitrogens with zero attached hydrogens (tertiary/aromatic N) is 1. The van der Waals surface area contributed by atoms with Crippen molar-refractivity contribution in [2.45, 2.75) is 11.9 Å². The van der Waals surface area contributed by atoms with Gasteiger partial charge in [0.2, 0.25) is 0 Å². The molecule has 0 saturated carbocycles. The van der Waals surface area contributed by atoms with Crippen LogP contribution in [0.5, 0.6) is 0 Å². The van der Waals surface area contributed by atoms with E-state index < -0.39 is 28.4 Å². The number of carbonyl (C=O) groups excluding carboxylic acids is 1. The lowest BCUT2D eigenvalue weighted by molar-refractivity contribution is -0.137. The SMILES string of the molecule is O=C(Nc1ccc(Cl)c(-c2ccc(C(F)(F)F)cn2)c1)c1ccc(C[SH](=O)=O)cc1. The molecule has 3 aromatic rings. The molecule has 0 bridgehead atoms. The molecule has 30 heavy (non-hydrogen) atoms. The second-order valence-corrected chi connectivity index (χ2v) is 7.66. The third-order valence-electron chi connectivity index (χ3n) is 4.12. The average molecular weight is 455 g/mol. The highest BCUT2D eigenvalue weighted by atomic mass is 35.5. The smallest absolute Gasteiger partial charge is 0.322 e. The molecule has 0 aliphatic carbocycles. The lowest BCUT2D eigenvalue weighted by Gasteiger charge is -2.11. The number of carbonyl (C=O) groups is 1. The Morgan fingerprint density at radius 2 is 1.73 bits per heavy atom. The zero-order valence-electron chi connectivity index (χ0n) is 15.1. The van der Waals surface area contributed by atoms with Gasteiger partial charge >= 0.3 is 6.18 Å². The first-order valence-corrected chi connectivity index (χ1v) is 10.2. The zero-order valence-corrected chi connectivity index (χ0v) is 16.8. The molecular formula is C20H14ClF3N2O3S. The first-order valence-electron chi connectivity index (χ1n) is 8.49. The van der Waals surface area contributed by atoms with E-state index in [1.807, 2.05) is 0 Å². The second-order valence-electron chi connectivity index (χ2n) is 6.27. The van der Waals surface area contributed by atoms with Crippen molar-refractivity contribution < 1.29 is 26.4 Å². The van der Waals surface area contributed by atoms with Crippen LogP contribution in [0.15, 0.2) is 60.8 Å². The standard InChI is InChI=1S/C20H14ClF3N2O3S/c21-17-7-6-15(9-16(17)18-8-5-14(10-25-18)20(22,23)24)26-19(27)13-3-1-12(2-4-13)11-30(28)29/h1-10,30H,11H2,(H,26,27). The first kappa shape index (κ1) is 21.8. The van der Waals surface area contributed by atoms with Crippen LogP contribution in [-0.2, 0) is 22.6 Å². The van der Waals surface area contributed by atoms with E-state index in [1.54, 1.807) is 18.2 Å². The molecule has 0 aliphatic rings. The van der Waals surface area contributed by atoms with Crippen molar-refractivity contribution in [3.63, 3.8) is 0 Å². The van der Waals surface area contributed by atoms with Crippen LogP contribution in [0.25, 0.3) is 11.3 Å². The summed E-state index contributed by atoms with van der Waals surface area (Å²) in [5.74, 6) is -0.556. The van der Waals surface area contributed by atoms with Gasteiger partial charge in [-0.3, -0.25) is 9.78 Å². The van der Waals surface area contributed by atoms with Crippen LogP contribution in [0.3, 0.4) is 0 Å². The summed E-state index contributed by atoms with van der Waals surface area (Å²) in [6.07, 6.45) is -3.78. The maximum atomic E-state index is 12.7. The van der Waals surface area contributed by atoms with Crippen LogP contribution >= 0.6 is 11.6 Å². The van der Waals surface area contributed by atoms with Gasteiger partial charge in [-0.2, -0.15) is 13.2 Å². The maximum Gasteiger partial charge on any atom is 0.417 e. The van der Waals surface area contributed by atoms with Crippen LogP contribution < -0.4 is 5.32 Å². The van der Waals surface area contributed by atoms with Crippen molar-refractivity contribution in [1.29, 1.82) is 0 Å². The minimum absolute atomic E-state index is 0.113. The molecule has 3 rings (SSSR count). The highest BCUT2D eigenvalue weighted by molar-refractivity contribution is 7.71. The number of rotatable bonds is 5. The molecule has 1 heterocycles. The third kappa shape index (κ3) is 5.37. The summed E-state index contributed by atoms with van der Waals surface area (Å²) < 4.78 is 59.7. The predicted octanol–water partition coefficient (Wildman–Crippen LogP) is 4.78. The largest absolute Gasteiger partial charge is 0.417 e. The Balaban J connectivity index is 1.80. The molecule has 0 saturated heterocycles. The predicted molar refractivity (Wildman–Crippen MR) is 108 cm³/mol. The van der Waals surface area contributed by atoms with Gasteiger partial charge in [-0.25, -0.2) is 8.42 Å². The zero-order chi connectivity index (χ0) is 21.9. The van der Waals surface area contributed by atoms with Gasteiger partial charge in [0.15, 0.2) is 0 Å². The fourth-order valence-corrected chi connectivity index (χ4v) is 3.36. The summed E-state index contributed by atoms with van der Waals surface area (Å²) in [5, 5.41) is 2.93. The molecule has 2 aromatic carbocycles. The molecule has 0 unspecified atom stereocenters. The molecule has 1 amide bonds. The number of pyridine rings is 1. The summed E-state index contributed by atoms with van der Waals surface area (Å²) in [6, 6.07) is 12.7. The summed E-state index contributed by atoms with van der Waals surface area (Å²) in [5.41, 5.74) is 0.941. The minimum atomic E-state index is -4.50. The van der Waals surface area contributed by atoms with E-state index in [-0.39, 0.29) is 16.5 Å². The van der Waals surface area contributed by atoms with E-state index in [0.717, 1.165) is 6.07 Å². The highest BCUT2D eigenvalue weighted by Crippen LogP contribution is 2.33.